The van der Waals surface area contributed by atoms with Crippen molar-refractivity contribution in [2.24, 2.45) is 0 Å². The van der Waals surface area contributed by atoms with Gasteiger partial charge in [0.2, 0.25) is 0 Å². The van der Waals surface area contributed by atoms with Crippen molar-refractivity contribution in [2.75, 3.05) is 53.4 Å². The molecule has 0 radical (unpaired) electrons. The van der Waals surface area contributed by atoms with Gasteiger partial charge in [0, 0.05) is 51.5 Å². The monoisotopic (exact) mass is 292 g/mol. The minimum atomic E-state index is -0.315. The SMILES string of the molecule is CC(c1ccccn1)N(C)CC(O)CN1CCN(C)CC1. The third-order valence-electron chi connectivity index (χ3n) is 4.34. The molecule has 1 N–H and O–H groups in total. The zero-order chi connectivity index (χ0) is 15.2. The molecule has 1 fully saturated rings. The summed E-state index contributed by atoms with van der Waals surface area (Å²) in [6, 6.07) is 6.19. The standard InChI is InChI=1S/C16H28N4O/c1-14(16-6-4-5-7-17-16)19(3)12-15(21)13-20-10-8-18(2)9-11-20/h4-7,14-15,21H,8-13H2,1-3H3. The quantitative estimate of drug-likeness (QED) is 0.835. The lowest BCUT2D eigenvalue weighted by Crippen LogP contribution is -2.48. The molecule has 5 nitrogen and oxygen atoms in total. The average Bonchev–Trinajstić information content (AvgIpc) is 2.49. The first-order valence-electron chi connectivity index (χ1n) is 7.76. The highest BCUT2D eigenvalue weighted by Crippen LogP contribution is 2.16. The Morgan fingerprint density at radius 1 is 1.29 bits per heavy atom. The van der Waals surface area contributed by atoms with E-state index in [-0.39, 0.29) is 12.1 Å². The first-order valence-corrected chi connectivity index (χ1v) is 7.76. The number of β-amino-alcohol motifs (C(OH)–C–C–N with tert-alkyl or cyclic N) is 1. The fourth-order valence-corrected chi connectivity index (χ4v) is 2.73. The Kier molecular flexibility index (Phi) is 6.11. The van der Waals surface area contributed by atoms with Crippen LogP contribution in [0.25, 0.3) is 0 Å². The van der Waals surface area contributed by atoms with Gasteiger partial charge in [-0.2, -0.15) is 0 Å². The van der Waals surface area contributed by atoms with E-state index in [1.807, 2.05) is 31.4 Å². The number of hydrogen-bond acceptors (Lipinski definition) is 5. The van der Waals surface area contributed by atoms with Gasteiger partial charge in [-0.15, -0.1) is 0 Å². The van der Waals surface area contributed by atoms with Crippen LogP contribution in [-0.4, -0.2) is 84.3 Å². The van der Waals surface area contributed by atoms with Crippen LogP contribution in [0.2, 0.25) is 0 Å². The second-order valence-corrected chi connectivity index (χ2v) is 6.13. The van der Waals surface area contributed by atoms with Crippen molar-refractivity contribution in [1.29, 1.82) is 0 Å². The largest absolute Gasteiger partial charge is 0.390 e. The Labute approximate surface area is 128 Å². The number of aliphatic hydroxyl groups excluding tert-OH is 1. The highest BCUT2D eigenvalue weighted by molar-refractivity contribution is 5.07. The van der Waals surface area contributed by atoms with Gasteiger partial charge in [-0.05, 0) is 33.2 Å². The zero-order valence-electron chi connectivity index (χ0n) is 13.4. The summed E-state index contributed by atoms with van der Waals surface area (Å²) >= 11 is 0. The minimum Gasteiger partial charge on any atom is -0.390 e. The number of aliphatic hydroxyl groups is 1. The summed E-state index contributed by atoms with van der Waals surface area (Å²) in [5.74, 6) is 0. The van der Waals surface area contributed by atoms with E-state index in [1.165, 1.54) is 0 Å². The summed E-state index contributed by atoms with van der Waals surface area (Å²) in [6.45, 7) is 7.84. The Bertz CT molecular complexity index is 406. The Morgan fingerprint density at radius 2 is 2.00 bits per heavy atom. The summed E-state index contributed by atoms with van der Waals surface area (Å²) < 4.78 is 0. The maximum Gasteiger partial charge on any atom is 0.0793 e. The molecule has 2 heterocycles. The predicted molar refractivity (Wildman–Crippen MR) is 85.2 cm³/mol. The minimum absolute atomic E-state index is 0.216. The van der Waals surface area contributed by atoms with Gasteiger partial charge in [0.1, 0.15) is 0 Å². The molecule has 118 valence electrons. The van der Waals surface area contributed by atoms with E-state index < -0.39 is 0 Å². The van der Waals surface area contributed by atoms with E-state index in [4.69, 9.17) is 0 Å². The number of aromatic nitrogens is 1. The molecule has 0 bridgehead atoms. The molecule has 0 amide bonds. The van der Waals surface area contributed by atoms with Gasteiger partial charge < -0.3 is 10.0 Å². The van der Waals surface area contributed by atoms with Crippen LogP contribution in [0.4, 0.5) is 0 Å². The van der Waals surface area contributed by atoms with Crippen molar-refractivity contribution >= 4 is 0 Å². The molecular weight excluding hydrogens is 264 g/mol. The predicted octanol–water partition coefficient (Wildman–Crippen LogP) is 0.683. The van der Waals surface area contributed by atoms with E-state index in [1.54, 1.807) is 0 Å². The van der Waals surface area contributed by atoms with Crippen molar-refractivity contribution in [3.63, 3.8) is 0 Å². The molecule has 1 saturated heterocycles. The molecule has 2 atom stereocenters. The second kappa shape index (κ2) is 7.84. The summed E-state index contributed by atoms with van der Waals surface area (Å²) in [7, 11) is 4.20. The fraction of sp³-hybridized carbons (Fsp3) is 0.688. The normalized spacial score (nSPS) is 20.6. The number of nitrogens with zero attached hydrogens (tertiary/aromatic N) is 4. The molecule has 0 saturated carbocycles. The van der Waals surface area contributed by atoms with Gasteiger partial charge in [0.05, 0.1) is 11.8 Å². The fourth-order valence-electron chi connectivity index (χ4n) is 2.73. The molecule has 1 aromatic rings. The molecule has 2 rings (SSSR count). The van der Waals surface area contributed by atoms with Crippen LogP contribution >= 0.6 is 0 Å². The summed E-state index contributed by atoms with van der Waals surface area (Å²) in [5, 5.41) is 10.3. The smallest absolute Gasteiger partial charge is 0.0793 e. The van der Waals surface area contributed by atoms with Crippen molar-refractivity contribution in [3.8, 4) is 0 Å². The number of hydrogen-bond donors (Lipinski definition) is 1. The van der Waals surface area contributed by atoms with Gasteiger partial charge in [0.25, 0.3) is 0 Å². The lowest BCUT2D eigenvalue weighted by Gasteiger charge is -2.34. The van der Waals surface area contributed by atoms with Crippen LogP contribution in [-0.2, 0) is 0 Å². The summed E-state index contributed by atoms with van der Waals surface area (Å²) in [5.41, 5.74) is 1.05. The van der Waals surface area contributed by atoms with Gasteiger partial charge in [-0.25, -0.2) is 0 Å². The van der Waals surface area contributed by atoms with Crippen LogP contribution in [0.15, 0.2) is 24.4 Å². The van der Waals surface area contributed by atoms with Crippen LogP contribution in [0.3, 0.4) is 0 Å². The van der Waals surface area contributed by atoms with E-state index in [9.17, 15) is 5.11 Å². The molecular formula is C16H28N4O. The molecule has 0 aromatic carbocycles. The number of pyridine rings is 1. The molecule has 1 aliphatic rings. The van der Waals surface area contributed by atoms with Crippen LogP contribution < -0.4 is 0 Å². The van der Waals surface area contributed by atoms with E-state index in [0.717, 1.165) is 38.4 Å². The molecule has 0 spiro atoms. The highest BCUT2D eigenvalue weighted by atomic mass is 16.3. The molecule has 0 aliphatic carbocycles. The van der Waals surface area contributed by atoms with Crippen LogP contribution in [0, 0.1) is 0 Å². The molecule has 1 aromatic heterocycles. The van der Waals surface area contributed by atoms with Gasteiger partial charge >= 0.3 is 0 Å². The lowest BCUT2D eigenvalue weighted by atomic mass is 10.1. The van der Waals surface area contributed by atoms with Crippen LogP contribution in [0.5, 0.6) is 0 Å². The summed E-state index contributed by atoms with van der Waals surface area (Å²) in [6.07, 6.45) is 1.50. The molecule has 21 heavy (non-hydrogen) atoms. The lowest BCUT2D eigenvalue weighted by molar-refractivity contribution is 0.0526. The Hall–Kier alpha value is -1.01. The summed E-state index contributed by atoms with van der Waals surface area (Å²) in [4.78, 5) is 11.2. The van der Waals surface area contributed by atoms with Crippen molar-refractivity contribution in [3.05, 3.63) is 30.1 Å². The molecule has 5 heteroatoms. The second-order valence-electron chi connectivity index (χ2n) is 6.13. The van der Waals surface area contributed by atoms with Gasteiger partial charge in [-0.1, -0.05) is 6.07 Å². The van der Waals surface area contributed by atoms with E-state index in [2.05, 4.69) is 33.7 Å². The first kappa shape index (κ1) is 16.4. The third-order valence-corrected chi connectivity index (χ3v) is 4.34. The van der Waals surface area contributed by atoms with Gasteiger partial charge in [0.15, 0.2) is 0 Å². The molecule has 2 unspecified atom stereocenters. The first-order chi connectivity index (χ1) is 10.1. The van der Waals surface area contributed by atoms with Crippen molar-refractivity contribution < 1.29 is 5.11 Å². The van der Waals surface area contributed by atoms with Gasteiger partial charge in [-0.3, -0.25) is 14.8 Å². The maximum atomic E-state index is 10.3. The molecule has 1 aliphatic heterocycles. The number of rotatable bonds is 6. The van der Waals surface area contributed by atoms with E-state index in [0.29, 0.717) is 6.54 Å². The van der Waals surface area contributed by atoms with E-state index >= 15 is 0 Å². The topological polar surface area (TPSA) is 42.8 Å². The zero-order valence-corrected chi connectivity index (χ0v) is 13.4. The van der Waals surface area contributed by atoms with Crippen molar-refractivity contribution in [1.82, 2.24) is 19.7 Å². The number of piperazine rings is 1. The Balaban J connectivity index is 1.78. The highest BCUT2D eigenvalue weighted by Gasteiger charge is 2.20. The third kappa shape index (κ3) is 5.04. The maximum absolute atomic E-state index is 10.3. The number of likely N-dealkylation sites (N-methyl/N-ethyl adjacent to an activating group) is 2. The average molecular weight is 292 g/mol. The Morgan fingerprint density at radius 3 is 2.62 bits per heavy atom. The van der Waals surface area contributed by atoms with Crippen LogP contribution in [0.1, 0.15) is 18.7 Å². The van der Waals surface area contributed by atoms with Crippen molar-refractivity contribution in [2.45, 2.75) is 19.1 Å².